The van der Waals surface area contributed by atoms with Gasteiger partial charge in [0.2, 0.25) is 5.01 Å². The van der Waals surface area contributed by atoms with Gasteiger partial charge < -0.3 is 10.4 Å². The van der Waals surface area contributed by atoms with Crippen molar-refractivity contribution in [3.05, 3.63) is 16.1 Å². The van der Waals surface area contributed by atoms with E-state index in [2.05, 4.69) is 10.3 Å². The molecule has 0 radical (unpaired) electrons. The van der Waals surface area contributed by atoms with E-state index < -0.39 is 30.5 Å². The van der Waals surface area contributed by atoms with Crippen LogP contribution in [-0.2, 0) is 0 Å². The number of nitrogens with one attached hydrogen (secondary N) is 1. The van der Waals surface area contributed by atoms with E-state index in [1.807, 2.05) is 0 Å². The zero-order valence-electron chi connectivity index (χ0n) is 9.11. The van der Waals surface area contributed by atoms with Crippen LogP contribution in [-0.4, -0.2) is 34.2 Å². The predicted molar refractivity (Wildman–Crippen MR) is 56.7 cm³/mol. The van der Waals surface area contributed by atoms with Gasteiger partial charge in [-0.2, -0.15) is 13.2 Å². The zero-order valence-corrected chi connectivity index (χ0v) is 9.93. The van der Waals surface area contributed by atoms with Crippen molar-refractivity contribution in [1.82, 2.24) is 10.3 Å². The molecule has 0 aliphatic heterocycles. The van der Waals surface area contributed by atoms with Crippen molar-refractivity contribution in [3.8, 4) is 0 Å². The summed E-state index contributed by atoms with van der Waals surface area (Å²) in [5.74, 6) is -2.06. The molecule has 1 aromatic rings. The van der Waals surface area contributed by atoms with E-state index in [4.69, 9.17) is 5.11 Å². The first kappa shape index (κ1) is 14.4. The fourth-order valence-electron chi connectivity index (χ4n) is 1.17. The molecular formula is C9H9F3N2O3S. The van der Waals surface area contributed by atoms with Crippen molar-refractivity contribution >= 4 is 23.2 Å². The van der Waals surface area contributed by atoms with Gasteiger partial charge in [0.25, 0.3) is 5.91 Å². The Bertz CT molecular complexity index is 458. The molecule has 0 spiro atoms. The molecule has 1 rings (SSSR count). The maximum absolute atomic E-state index is 12.0. The van der Waals surface area contributed by atoms with Crippen molar-refractivity contribution in [3.63, 3.8) is 0 Å². The van der Waals surface area contributed by atoms with Crippen molar-refractivity contribution in [2.75, 3.05) is 0 Å². The van der Waals surface area contributed by atoms with Crippen LogP contribution in [0.3, 0.4) is 0 Å². The lowest BCUT2D eigenvalue weighted by atomic mass is 10.2. The van der Waals surface area contributed by atoms with Crippen LogP contribution < -0.4 is 5.32 Å². The number of hydrogen-bond acceptors (Lipinski definition) is 4. The highest BCUT2D eigenvalue weighted by Crippen LogP contribution is 2.21. The number of carboxylic acids is 1. The molecule has 18 heavy (non-hydrogen) atoms. The summed E-state index contributed by atoms with van der Waals surface area (Å²) in [5, 5.41) is 10.4. The maximum Gasteiger partial charge on any atom is 0.391 e. The Balaban J connectivity index is 2.62. The number of carbonyl (C=O) groups excluding carboxylic acids is 1. The minimum Gasteiger partial charge on any atom is -0.476 e. The number of rotatable bonds is 4. The van der Waals surface area contributed by atoms with Crippen molar-refractivity contribution in [2.45, 2.75) is 25.6 Å². The van der Waals surface area contributed by atoms with Crippen LogP contribution >= 0.6 is 11.3 Å². The molecule has 0 aromatic carbocycles. The normalized spacial score (nSPS) is 13.1. The summed E-state index contributed by atoms with van der Waals surface area (Å²) < 4.78 is 36.1. The van der Waals surface area contributed by atoms with Crippen LogP contribution in [0.15, 0.2) is 6.20 Å². The Hall–Kier alpha value is -1.64. The summed E-state index contributed by atoms with van der Waals surface area (Å²) >= 11 is 0.605. The third kappa shape index (κ3) is 4.32. The lowest BCUT2D eigenvalue weighted by Gasteiger charge is -2.14. The summed E-state index contributed by atoms with van der Waals surface area (Å²) in [6.07, 6.45) is -4.50. The van der Waals surface area contributed by atoms with Crippen LogP contribution in [0.5, 0.6) is 0 Å². The maximum atomic E-state index is 12.0. The molecule has 0 bridgehead atoms. The molecule has 1 unspecified atom stereocenters. The van der Waals surface area contributed by atoms with E-state index in [1.54, 1.807) is 0 Å². The van der Waals surface area contributed by atoms with Crippen molar-refractivity contribution in [1.29, 1.82) is 0 Å². The summed E-state index contributed by atoms with van der Waals surface area (Å²) in [6.45, 7) is 1.21. The average molecular weight is 282 g/mol. The second-order valence-electron chi connectivity index (χ2n) is 3.53. The molecule has 1 atom stereocenters. The van der Waals surface area contributed by atoms with Crippen LogP contribution in [0, 0.1) is 0 Å². The molecule has 1 amide bonds. The highest BCUT2D eigenvalue weighted by molar-refractivity contribution is 7.15. The zero-order chi connectivity index (χ0) is 13.9. The van der Waals surface area contributed by atoms with Crippen LogP contribution in [0.25, 0.3) is 0 Å². The van der Waals surface area contributed by atoms with Gasteiger partial charge in [-0.3, -0.25) is 4.79 Å². The Kier molecular flexibility index (Phi) is 4.28. The first-order valence-electron chi connectivity index (χ1n) is 4.76. The number of halogens is 3. The first-order valence-corrected chi connectivity index (χ1v) is 5.57. The fraction of sp³-hybridized carbons (Fsp3) is 0.444. The van der Waals surface area contributed by atoms with Crippen LogP contribution in [0.2, 0.25) is 0 Å². The minimum atomic E-state index is -4.37. The molecule has 9 heteroatoms. The number of carbonyl (C=O) groups is 2. The molecule has 0 aliphatic carbocycles. The van der Waals surface area contributed by atoms with Gasteiger partial charge in [-0.15, -0.1) is 11.3 Å². The monoisotopic (exact) mass is 282 g/mol. The molecule has 100 valence electrons. The number of thiazole rings is 1. The third-order valence-electron chi connectivity index (χ3n) is 1.83. The van der Waals surface area contributed by atoms with Crippen LogP contribution in [0.4, 0.5) is 13.2 Å². The summed E-state index contributed by atoms with van der Waals surface area (Å²) in [6, 6.07) is -1.09. The summed E-state index contributed by atoms with van der Waals surface area (Å²) in [7, 11) is 0. The van der Waals surface area contributed by atoms with E-state index in [1.165, 1.54) is 6.92 Å². The number of amides is 1. The Labute approximate surface area is 104 Å². The Morgan fingerprint density at radius 2 is 2.17 bits per heavy atom. The number of nitrogens with zero attached hydrogens (tertiary/aromatic N) is 1. The van der Waals surface area contributed by atoms with Gasteiger partial charge >= 0.3 is 12.1 Å². The largest absolute Gasteiger partial charge is 0.476 e. The Morgan fingerprint density at radius 1 is 1.56 bits per heavy atom. The third-order valence-corrected chi connectivity index (χ3v) is 2.81. The van der Waals surface area contributed by atoms with E-state index in [0.29, 0.717) is 11.3 Å². The van der Waals surface area contributed by atoms with Gasteiger partial charge in [-0.05, 0) is 6.92 Å². The molecule has 1 aromatic heterocycles. The molecular weight excluding hydrogens is 273 g/mol. The van der Waals surface area contributed by atoms with Gasteiger partial charge in [0.05, 0.1) is 12.6 Å². The number of alkyl halides is 3. The van der Waals surface area contributed by atoms with Gasteiger partial charge in [0.15, 0.2) is 0 Å². The molecule has 5 nitrogen and oxygen atoms in total. The van der Waals surface area contributed by atoms with E-state index in [-0.39, 0.29) is 9.88 Å². The molecule has 1 heterocycles. The second-order valence-corrected chi connectivity index (χ2v) is 4.56. The minimum absolute atomic E-state index is 0.0403. The SMILES string of the molecule is CC(CC(F)(F)F)NC(=O)c1cnc(C(=O)O)s1. The smallest absolute Gasteiger partial charge is 0.391 e. The quantitative estimate of drug-likeness (QED) is 0.884. The topological polar surface area (TPSA) is 79.3 Å². The summed E-state index contributed by atoms with van der Waals surface area (Å²) in [4.78, 5) is 25.4. The highest BCUT2D eigenvalue weighted by atomic mass is 32.1. The standard InChI is InChI=1S/C9H9F3N2O3S/c1-4(2-9(10,11)12)14-6(15)5-3-13-7(18-5)8(16)17/h3-4H,2H2,1H3,(H,14,15)(H,16,17). The lowest BCUT2D eigenvalue weighted by molar-refractivity contribution is -0.138. The number of hydrogen-bond donors (Lipinski definition) is 2. The molecule has 2 N–H and O–H groups in total. The number of carboxylic acid groups (broad SMARTS) is 1. The molecule has 0 fully saturated rings. The van der Waals surface area contributed by atoms with Crippen molar-refractivity contribution < 1.29 is 27.9 Å². The fourth-order valence-corrected chi connectivity index (χ4v) is 1.83. The van der Waals surface area contributed by atoms with Gasteiger partial charge in [-0.1, -0.05) is 0 Å². The number of aromatic nitrogens is 1. The van der Waals surface area contributed by atoms with Crippen LogP contribution in [0.1, 0.15) is 32.8 Å². The average Bonchev–Trinajstić information content (AvgIpc) is 2.62. The van der Waals surface area contributed by atoms with Gasteiger partial charge in [0, 0.05) is 6.04 Å². The van der Waals surface area contributed by atoms with E-state index in [9.17, 15) is 22.8 Å². The van der Waals surface area contributed by atoms with E-state index in [0.717, 1.165) is 6.20 Å². The van der Waals surface area contributed by atoms with Crippen molar-refractivity contribution in [2.24, 2.45) is 0 Å². The molecule has 0 saturated heterocycles. The first-order chi connectivity index (χ1) is 8.19. The lowest BCUT2D eigenvalue weighted by Crippen LogP contribution is -2.35. The predicted octanol–water partition coefficient (Wildman–Crippen LogP) is 1.91. The second kappa shape index (κ2) is 5.34. The van der Waals surface area contributed by atoms with Gasteiger partial charge in [0.1, 0.15) is 4.88 Å². The van der Waals surface area contributed by atoms with E-state index >= 15 is 0 Å². The summed E-state index contributed by atoms with van der Waals surface area (Å²) in [5.41, 5.74) is 0. The highest BCUT2D eigenvalue weighted by Gasteiger charge is 2.30. The Morgan fingerprint density at radius 3 is 2.61 bits per heavy atom. The number of aromatic carboxylic acids is 1. The van der Waals surface area contributed by atoms with Gasteiger partial charge in [-0.25, -0.2) is 9.78 Å². The molecule has 0 aliphatic rings. The molecule has 0 saturated carbocycles.